The van der Waals surface area contributed by atoms with Crippen molar-refractivity contribution in [3.05, 3.63) is 53.9 Å². The third kappa shape index (κ3) is 4.15. The lowest BCUT2D eigenvalue weighted by Gasteiger charge is -2.27. The fourth-order valence-corrected chi connectivity index (χ4v) is 4.01. The molecule has 9 nitrogen and oxygen atoms in total. The molecule has 0 atom stereocenters. The molecule has 33 heavy (non-hydrogen) atoms. The molecule has 1 fully saturated rings. The first-order valence-electron chi connectivity index (χ1n) is 9.46. The van der Waals surface area contributed by atoms with Crippen molar-refractivity contribution in [2.24, 2.45) is 0 Å². The number of halogens is 3. The highest BCUT2D eigenvalue weighted by Gasteiger charge is 2.52. The predicted molar refractivity (Wildman–Crippen MR) is 110 cm³/mol. The molecular weight excluding hydrogens is 465 g/mol. The second-order valence-corrected chi connectivity index (χ2v) is 9.58. The maximum Gasteiger partial charge on any atom is 0.501 e. The number of amides is 4. The van der Waals surface area contributed by atoms with Gasteiger partial charge in [0.15, 0.2) is 0 Å². The maximum atomic E-state index is 13.1. The lowest BCUT2D eigenvalue weighted by atomic mass is 10.0. The summed E-state index contributed by atoms with van der Waals surface area (Å²) >= 11 is 0. The minimum Gasteiger partial charge on any atom is -0.354 e. The summed E-state index contributed by atoms with van der Waals surface area (Å²) in [5.74, 6) is -1.09. The number of hydrogen-bond donors (Lipinski definition) is 1. The molecule has 0 spiro atoms. The van der Waals surface area contributed by atoms with E-state index >= 15 is 0 Å². The number of imide groups is 1. The molecule has 13 heteroatoms. The van der Waals surface area contributed by atoms with Gasteiger partial charge in [0.2, 0.25) is 0 Å². The number of alkyl halides is 3. The van der Waals surface area contributed by atoms with Crippen LogP contribution in [-0.4, -0.2) is 54.2 Å². The lowest BCUT2D eigenvalue weighted by Crippen LogP contribution is -2.43. The average Bonchev–Trinajstić information content (AvgIpc) is 2.92. The van der Waals surface area contributed by atoms with E-state index in [9.17, 15) is 36.0 Å². The summed E-state index contributed by atoms with van der Waals surface area (Å²) in [6.07, 6.45) is 1.38. The molecule has 1 aliphatic heterocycles. The Hall–Kier alpha value is -3.48. The molecule has 1 aliphatic rings. The smallest absolute Gasteiger partial charge is 0.354 e. The fraction of sp³-hybridized carbons (Fsp3) is 0.300. The Morgan fingerprint density at radius 1 is 1.12 bits per heavy atom. The molecule has 3 rings (SSSR count). The van der Waals surface area contributed by atoms with Gasteiger partial charge < -0.3 is 10.2 Å². The summed E-state index contributed by atoms with van der Waals surface area (Å²) in [7, 11) is -4.13. The number of carbonyl (C=O) groups excluding carboxylic acids is 3. The van der Waals surface area contributed by atoms with Crippen LogP contribution in [0.3, 0.4) is 0 Å². The van der Waals surface area contributed by atoms with Crippen LogP contribution in [0.2, 0.25) is 0 Å². The van der Waals surface area contributed by atoms with Crippen molar-refractivity contribution in [2.45, 2.75) is 36.3 Å². The Morgan fingerprint density at radius 2 is 1.73 bits per heavy atom. The fourth-order valence-electron chi connectivity index (χ4n) is 3.24. The second kappa shape index (κ2) is 8.14. The van der Waals surface area contributed by atoms with Gasteiger partial charge in [0.1, 0.15) is 11.2 Å². The average molecular weight is 484 g/mol. The van der Waals surface area contributed by atoms with Crippen molar-refractivity contribution in [3.63, 3.8) is 0 Å². The lowest BCUT2D eigenvalue weighted by molar-refractivity contribution is -0.123. The Labute approximate surface area is 187 Å². The summed E-state index contributed by atoms with van der Waals surface area (Å²) in [4.78, 5) is 42.8. The Kier molecular flexibility index (Phi) is 5.96. The first-order chi connectivity index (χ1) is 15.2. The molecule has 0 unspecified atom stereocenters. The van der Waals surface area contributed by atoms with Crippen LogP contribution < -0.4 is 10.2 Å². The van der Waals surface area contributed by atoms with Crippen LogP contribution in [0, 0.1) is 0 Å². The van der Waals surface area contributed by atoms with Crippen LogP contribution in [0.4, 0.5) is 23.7 Å². The third-order valence-electron chi connectivity index (χ3n) is 5.16. The summed E-state index contributed by atoms with van der Waals surface area (Å²) in [6, 6.07) is 5.58. The largest absolute Gasteiger partial charge is 0.501 e. The quantitative estimate of drug-likeness (QED) is 0.652. The molecule has 2 heterocycles. The molecule has 0 saturated carbocycles. The van der Waals surface area contributed by atoms with E-state index < -0.39 is 43.6 Å². The molecule has 0 radical (unpaired) electrons. The van der Waals surface area contributed by atoms with Crippen molar-refractivity contribution in [1.29, 1.82) is 0 Å². The number of nitrogens with one attached hydrogen (secondary N) is 1. The molecule has 1 aromatic carbocycles. The van der Waals surface area contributed by atoms with Crippen LogP contribution in [0.25, 0.3) is 0 Å². The summed E-state index contributed by atoms with van der Waals surface area (Å²) in [5, 5.41) is 2.43. The van der Waals surface area contributed by atoms with E-state index in [-0.39, 0.29) is 17.9 Å². The number of sulfone groups is 1. The third-order valence-corrected chi connectivity index (χ3v) is 6.66. The zero-order chi connectivity index (χ0) is 24.8. The zero-order valence-corrected chi connectivity index (χ0v) is 18.5. The Balaban J connectivity index is 1.92. The maximum absolute atomic E-state index is 13.1. The highest BCUT2D eigenvalue weighted by atomic mass is 32.2. The number of rotatable bonds is 5. The van der Waals surface area contributed by atoms with Crippen molar-refractivity contribution in [1.82, 2.24) is 15.2 Å². The van der Waals surface area contributed by atoms with Crippen LogP contribution in [0.15, 0.2) is 47.5 Å². The molecule has 1 aromatic heterocycles. The summed E-state index contributed by atoms with van der Waals surface area (Å²) < 4.78 is 61.4. The van der Waals surface area contributed by atoms with Gasteiger partial charge in [-0.15, -0.1) is 0 Å². The van der Waals surface area contributed by atoms with Crippen molar-refractivity contribution in [2.75, 3.05) is 11.9 Å². The van der Waals surface area contributed by atoms with Gasteiger partial charge in [-0.05, 0) is 55.8 Å². The Bertz CT molecular complexity index is 1230. The molecule has 1 saturated heterocycles. The highest BCUT2D eigenvalue weighted by Crippen LogP contribution is 2.35. The van der Waals surface area contributed by atoms with Gasteiger partial charge in [0.25, 0.3) is 21.7 Å². The van der Waals surface area contributed by atoms with Gasteiger partial charge in [-0.1, -0.05) is 0 Å². The van der Waals surface area contributed by atoms with E-state index in [2.05, 4.69) is 10.3 Å². The Morgan fingerprint density at radius 3 is 2.27 bits per heavy atom. The number of nitrogens with zero attached hydrogens (tertiary/aromatic N) is 3. The topological polar surface area (TPSA) is 117 Å². The van der Waals surface area contributed by atoms with Crippen LogP contribution in [-0.2, 0) is 21.2 Å². The molecule has 4 amide bonds. The van der Waals surface area contributed by atoms with Gasteiger partial charge in [-0.25, -0.2) is 18.1 Å². The normalized spacial score (nSPS) is 16.3. The van der Waals surface area contributed by atoms with E-state index in [1.54, 1.807) is 6.07 Å². The first kappa shape index (κ1) is 24.2. The van der Waals surface area contributed by atoms with Gasteiger partial charge in [0.05, 0.1) is 10.6 Å². The van der Waals surface area contributed by atoms with Crippen molar-refractivity contribution < 1.29 is 36.0 Å². The number of anilines is 1. The van der Waals surface area contributed by atoms with Gasteiger partial charge >= 0.3 is 11.5 Å². The molecule has 0 aliphatic carbocycles. The number of urea groups is 1. The number of carbonyl (C=O) groups is 3. The number of benzene rings is 1. The van der Waals surface area contributed by atoms with Gasteiger partial charge in [-0.3, -0.25) is 14.6 Å². The van der Waals surface area contributed by atoms with Crippen LogP contribution in [0.1, 0.15) is 29.9 Å². The molecule has 2 aromatic rings. The minimum atomic E-state index is -5.57. The number of pyridine rings is 1. The zero-order valence-electron chi connectivity index (χ0n) is 17.7. The standard InChI is InChI=1S/C20H19F3N4O5S/c1-19(2)17(29)27(13-4-6-14(7-5-13)33(31,32)20(21,22)23)18(30)26(19)11-12-8-9-25-15(10-12)16(28)24-3/h4-10H,11H2,1-3H3,(H,24,28). The molecule has 176 valence electrons. The second-order valence-electron chi connectivity index (χ2n) is 7.64. The first-order valence-corrected chi connectivity index (χ1v) is 10.9. The number of hydrogen-bond acceptors (Lipinski definition) is 6. The molecule has 0 bridgehead atoms. The van der Waals surface area contributed by atoms with E-state index in [1.165, 1.54) is 38.1 Å². The van der Waals surface area contributed by atoms with Crippen LogP contribution >= 0.6 is 0 Å². The summed E-state index contributed by atoms with van der Waals surface area (Å²) in [5.41, 5.74) is -6.26. The highest BCUT2D eigenvalue weighted by molar-refractivity contribution is 7.92. The number of aromatic nitrogens is 1. The predicted octanol–water partition coefficient (Wildman–Crippen LogP) is 2.48. The minimum absolute atomic E-state index is 0.0544. The van der Waals surface area contributed by atoms with Crippen molar-refractivity contribution >= 4 is 33.4 Å². The van der Waals surface area contributed by atoms with Crippen molar-refractivity contribution in [3.8, 4) is 0 Å². The monoisotopic (exact) mass is 484 g/mol. The molecule has 1 N–H and O–H groups in total. The van der Waals surface area contributed by atoms with E-state index in [0.29, 0.717) is 17.7 Å². The SMILES string of the molecule is CNC(=O)c1cc(CN2C(=O)N(c3ccc(S(=O)(=O)C(F)(F)F)cc3)C(=O)C2(C)C)ccn1. The van der Waals surface area contributed by atoms with Gasteiger partial charge in [0, 0.05) is 19.8 Å². The van der Waals surface area contributed by atoms with E-state index in [4.69, 9.17) is 0 Å². The van der Waals surface area contributed by atoms with Crippen LogP contribution in [0.5, 0.6) is 0 Å². The summed E-state index contributed by atoms with van der Waals surface area (Å²) in [6.45, 7) is 2.94. The molecular formula is C20H19F3N4O5S. The van der Waals surface area contributed by atoms with Gasteiger partial charge in [-0.2, -0.15) is 13.2 Å². The van der Waals surface area contributed by atoms with E-state index in [0.717, 1.165) is 17.0 Å². The van der Waals surface area contributed by atoms with E-state index in [1.807, 2.05) is 0 Å².